The number of rotatable bonds is 6. The van der Waals surface area contributed by atoms with Gasteiger partial charge in [-0.15, -0.1) is 0 Å². The number of fused-ring (bicyclic) bond motifs is 1. The number of carbonyl (C=O) groups excluding carboxylic acids is 1. The maximum atomic E-state index is 12.0. The quantitative estimate of drug-likeness (QED) is 0.561. The van der Waals surface area contributed by atoms with Crippen LogP contribution in [0, 0.1) is 6.92 Å². The molecule has 1 aliphatic rings. The zero-order chi connectivity index (χ0) is 21.3. The molecule has 2 aromatic carbocycles. The molecule has 0 radical (unpaired) electrons. The molecular formula is C22H21N3O5. The molecule has 1 saturated carbocycles. The van der Waals surface area contributed by atoms with E-state index in [4.69, 9.17) is 9.47 Å². The van der Waals surface area contributed by atoms with Gasteiger partial charge in [0, 0.05) is 29.4 Å². The maximum absolute atomic E-state index is 12.0. The van der Waals surface area contributed by atoms with Gasteiger partial charge in [-0.25, -0.2) is 9.59 Å². The van der Waals surface area contributed by atoms with Crippen LogP contribution in [0.3, 0.4) is 0 Å². The number of carbonyl (C=O) groups is 2. The highest BCUT2D eigenvalue weighted by Crippen LogP contribution is 2.34. The molecule has 154 valence electrons. The van der Waals surface area contributed by atoms with E-state index in [1.54, 1.807) is 36.5 Å². The van der Waals surface area contributed by atoms with Crippen LogP contribution in [0.5, 0.6) is 17.2 Å². The second kappa shape index (κ2) is 7.90. The Morgan fingerprint density at radius 1 is 1.13 bits per heavy atom. The molecule has 0 atom stereocenters. The first-order valence-corrected chi connectivity index (χ1v) is 9.50. The Kier molecular flexibility index (Phi) is 5.14. The molecule has 0 aliphatic heterocycles. The van der Waals surface area contributed by atoms with Crippen LogP contribution in [0.1, 0.15) is 28.8 Å². The van der Waals surface area contributed by atoms with Crippen molar-refractivity contribution in [3.63, 3.8) is 0 Å². The second-order valence-corrected chi connectivity index (χ2v) is 7.14. The minimum atomic E-state index is -1.10. The van der Waals surface area contributed by atoms with E-state index in [1.807, 2.05) is 6.92 Å². The summed E-state index contributed by atoms with van der Waals surface area (Å²) in [4.78, 5) is 27.8. The summed E-state index contributed by atoms with van der Waals surface area (Å²) in [5.41, 5.74) is 2.11. The van der Waals surface area contributed by atoms with Crippen molar-refractivity contribution in [3.8, 4) is 17.2 Å². The number of nitrogens with one attached hydrogen (secondary N) is 2. The molecule has 3 N–H and O–H groups in total. The molecule has 1 heterocycles. The Hall–Kier alpha value is -3.81. The number of aromatic carboxylic acids is 1. The molecule has 1 aliphatic carbocycles. The summed E-state index contributed by atoms with van der Waals surface area (Å²) in [6.45, 7) is 1.87. The van der Waals surface area contributed by atoms with Crippen LogP contribution in [0.25, 0.3) is 10.9 Å². The third-order valence-electron chi connectivity index (χ3n) is 4.84. The molecule has 8 heteroatoms. The molecule has 8 nitrogen and oxygen atoms in total. The third kappa shape index (κ3) is 4.12. The van der Waals surface area contributed by atoms with Gasteiger partial charge in [0.25, 0.3) is 0 Å². The predicted octanol–water partition coefficient (Wildman–Crippen LogP) is 4.33. The normalized spacial score (nSPS) is 13.0. The van der Waals surface area contributed by atoms with Crippen LogP contribution < -0.4 is 20.1 Å². The van der Waals surface area contributed by atoms with Gasteiger partial charge in [0.2, 0.25) is 0 Å². The summed E-state index contributed by atoms with van der Waals surface area (Å²) in [7, 11) is 1.41. The summed E-state index contributed by atoms with van der Waals surface area (Å²) in [6, 6.07) is 10.1. The van der Waals surface area contributed by atoms with E-state index < -0.39 is 5.97 Å². The standard InChI is InChI=1S/C22H21N3O5/c1-12-9-14(5-6-17(12)25-22(28)24-13-3-4-13)30-19-7-8-23-18-11-20(29-2)16(21(26)27)10-15(18)19/h5-11,13H,3-4H2,1-2H3,(H,26,27)(H2,24,25,28). The maximum Gasteiger partial charge on any atom is 0.339 e. The summed E-state index contributed by atoms with van der Waals surface area (Å²) < 4.78 is 11.2. The van der Waals surface area contributed by atoms with E-state index in [2.05, 4.69) is 15.6 Å². The first-order chi connectivity index (χ1) is 14.4. The molecule has 0 unspecified atom stereocenters. The molecule has 4 rings (SSSR count). The van der Waals surface area contributed by atoms with Crippen molar-refractivity contribution in [2.45, 2.75) is 25.8 Å². The molecule has 3 aromatic rings. The van der Waals surface area contributed by atoms with Gasteiger partial charge in [0.15, 0.2) is 0 Å². The zero-order valence-electron chi connectivity index (χ0n) is 16.6. The van der Waals surface area contributed by atoms with Crippen molar-refractivity contribution < 1.29 is 24.2 Å². The average molecular weight is 407 g/mol. The highest BCUT2D eigenvalue weighted by Gasteiger charge is 2.23. The van der Waals surface area contributed by atoms with Gasteiger partial charge < -0.3 is 25.2 Å². The van der Waals surface area contributed by atoms with Gasteiger partial charge in [0.1, 0.15) is 22.8 Å². The van der Waals surface area contributed by atoms with Gasteiger partial charge in [-0.1, -0.05) is 0 Å². The van der Waals surface area contributed by atoms with Crippen LogP contribution in [0.15, 0.2) is 42.6 Å². The van der Waals surface area contributed by atoms with Crippen molar-refractivity contribution in [3.05, 3.63) is 53.7 Å². The van der Waals surface area contributed by atoms with Gasteiger partial charge in [0.05, 0.1) is 12.6 Å². The van der Waals surface area contributed by atoms with Crippen LogP contribution >= 0.6 is 0 Å². The summed E-state index contributed by atoms with van der Waals surface area (Å²) in [6.07, 6.45) is 3.63. The van der Waals surface area contributed by atoms with E-state index in [1.165, 1.54) is 13.2 Å². The number of aryl methyl sites for hydroxylation is 1. The monoisotopic (exact) mass is 407 g/mol. The fraction of sp³-hybridized carbons (Fsp3) is 0.227. The van der Waals surface area contributed by atoms with Crippen molar-refractivity contribution in [1.29, 1.82) is 0 Å². The van der Waals surface area contributed by atoms with E-state index in [-0.39, 0.29) is 23.4 Å². The largest absolute Gasteiger partial charge is 0.496 e. The smallest absolute Gasteiger partial charge is 0.339 e. The van der Waals surface area contributed by atoms with Crippen LogP contribution in [-0.4, -0.2) is 35.2 Å². The fourth-order valence-electron chi connectivity index (χ4n) is 3.11. The molecule has 1 fully saturated rings. The second-order valence-electron chi connectivity index (χ2n) is 7.14. The van der Waals surface area contributed by atoms with E-state index in [0.29, 0.717) is 28.1 Å². The number of methoxy groups -OCH3 is 1. The van der Waals surface area contributed by atoms with Crippen LogP contribution in [0.2, 0.25) is 0 Å². The Balaban J connectivity index is 1.60. The highest BCUT2D eigenvalue weighted by atomic mass is 16.5. The van der Waals surface area contributed by atoms with E-state index >= 15 is 0 Å². The Morgan fingerprint density at radius 3 is 2.60 bits per heavy atom. The van der Waals surface area contributed by atoms with E-state index in [0.717, 1.165) is 18.4 Å². The van der Waals surface area contributed by atoms with E-state index in [9.17, 15) is 14.7 Å². The van der Waals surface area contributed by atoms with Crippen molar-refractivity contribution >= 4 is 28.6 Å². The number of ether oxygens (including phenoxy) is 2. The molecule has 2 amide bonds. The van der Waals surface area contributed by atoms with Gasteiger partial charge >= 0.3 is 12.0 Å². The topological polar surface area (TPSA) is 110 Å². The number of nitrogens with zero attached hydrogens (tertiary/aromatic N) is 1. The highest BCUT2D eigenvalue weighted by molar-refractivity contribution is 5.98. The molecule has 0 saturated heterocycles. The molecule has 0 spiro atoms. The Morgan fingerprint density at radius 2 is 1.93 bits per heavy atom. The number of pyridine rings is 1. The lowest BCUT2D eigenvalue weighted by Crippen LogP contribution is -2.30. The SMILES string of the molecule is COc1cc2nccc(Oc3ccc(NC(=O)NC4CC4)c(C)c3)c2cc1C(=O)O. The fourth-order valence-corrected chi connectivity index (χ4v) is 3.11. The number of anilines is 1. The predicted molar refractivity (Wildman–Crippen MR) is 112 cm³/mol. The number of carboxylic acid groups (broad SMARTS) is 1. The lowest BCUT2D eigenvalue weighted by atomic mass is 10.1. The van der Waals surface area contributed by atoms with Crippen molar-refractivity contribution in [1.82, 2.24) is 10.3 Å². The third-order valence-corrected chi connectivity index (χ3v) is 4.84. The molecule has 1 aromatic heterocycles. The summed E-state index contributed by atoms with van der Waals surface area (Å²) in [5.74, 6) is 0.160. The Bertz CT molecular complexity index is 1140. The first-order valence-electron chi connectivity index (χ1n) is 9.50. The lowest BCUT2D eigenvalue weighted by Gasteiger charge is -2.13. The number of amides is 2. The number of urea groups is 1. The minimum absolute atomic E-state index is 0.0280. The van der Waals surface area contributed by atoms with Crippen molar-refractivity contribution in [2.75, 3.05) is 12.4 Å². The number of hydrogen-bond donors (Lipinski definition) is 3. The van der Waals surface area contributed by atoms with Crippen LogP contribution in [0.4, 0.5) is 10.5 Å². The van der Waals surface area contributed by atoms with Crippen molar-refractivity contribution in [2.24, 2.45) is 0 Å². The minimum Gasteiger partial charge on any atom is -0.496 e. The number of benzene rings is 2. The Labute approximate surface area is 172 Å². The summed E-state index contributed by atoms with van der Waals surface area (Å²) in [5, 5.41) is 15.7. The van der Waals surface area contributed by atoms with Crippen LogP contribution in [-0.2, 0) is 0 Å². The summed E-state index contributed by atoms with van der Waals surface area (Å²) >= 11 is 0. The van der Waals surface area contributed by atoms with Gasteiger partial charge in [-0.3, -0.25) is 4.98 Å². The lowest BCUT2D eigenvalue weighted by molar-refractivity contribution is 0.0693. The first kappa shape index (κ1) is 19.5. The zero-order valence-corrected chi connectivity index (χ0v) is 16.6. The van der Waals surface area contributed by atoms with Gasteiger partial charge in [-0.2, -0.15) is 0 Å². The number of carboxylic acids is 1. The number of hydrogen-bond acceptors (Lipinski definition) is 5. The molecule has 30 heavy (non-hydrogen) atoms. The molecular weight excluding hydrogens is 386 g/mol. The molecule has 0 bridgehead atoms. The van der Waals surface area contributed by atoms with Gasteiger partial charge in [-0.05, 0) is 55.7 Å². The average Bonchev–Trinajstić information content (AvgIpc) is 3.53. The number of aromatic nitrogens is 1.